The van der Waals surface area contributed by atoms with Gasteiger partial charge < -0.3 is 20.1 Å². The molecule has 2 N–H and O–H groups in total. The molecule has 1 aromatic carbocycles. The Morgan fingerprint density at radius 1 is 1.41 bits per heavy atom. The van der Waals surface area contributed by atoms with Crippen LogP contribution in [0, 0.1) is 11.8 Å². The summed E-state index contributed by atoms with van der Waals surface area (Å²) >= 11 is 0. The lowest BCUT2D eigenvalue weighted by atomic mass is 9.92. The first-order valence-corrected chi connectivity index (χ1v) is 8.00. The van der Waals surface area contributed by atoms with E-state index in [1.165, 1.54) is 0 Å². The van der Waals surface area contributed by atoms with Crippen molar-refractivity contribution in [2.75, 3.05) is 33.4 Å². The summed E-state index contributed by atoms with van der Waals surface area (Å²) in [6.07, 6.45) is 2.75. The number of benzene rings is 1. The van der Waals surface area contributed by atoms with Crippen LogP contribution in [0.4, 0.5) is 0 Å². The fraction of sp³-hybridized carbons (Fsp3) is 0.588. The maximum absolute atomic E-state index is 12.7. The van der Waals surface area contributed by atoms with Crippen molar-refractivity contribution in [2.24, 2.45) is 17.6 Å². The molecule has 1 fully saturated rings. The van der Waals surface area contributed by atoms with E-state index in [0.29, 0.717) is 12.5 Å². The van der Waals surface area contributed by atoms with Crippen LogP contribution in [0.3, 0.4) is 0 Å². The van der Waals surface area contributed by atoms with E-state index >= 15 is 0 Å². The number of carbonyl (C=O) groups excluding carboxylic acids is 1. The van der Waals surface area contributed by atoms with Gasteiger partial charge in [0.1, 0.15) is 18.1 Å². The molecule has 3 rings (SSSR count). The van der Waals surface area contributed by atoms with Crippen molar-refractivity contribution in [1.29, 1.82) is 0 Å². The fourth-order valence-corrected chi connectivity index (χ4v) is 3.30. The molecule has 1 unspecified atom stereocenters. The molecule has 5 heteroatoms. The highest BCUT2D eigenvalue weighted by Crippen LogP contribution is 2.31. The van der Waals surface area contributed by atoms with E-state index in [1.807, 2.05) is 23.1 Å². The third kappa shape index (κ3) is 3.04. The van der Waals surface area contributed by atoms with Crippen LogP contribution in [0.25, 0.3) is 0 Å². The molecule has 2 aliphatic rings. The molecule has 0 bridgehead atoms. The Hall–Kier alpha value is -1.75. The van der Waals surface area contributed by atoms with E-state index in [1.54, 1.807) is 7.11 Å². The highest BCUT2D eigenvalue weighted by Gasteiger charge is 2.31. The van der Waals surface area contributed by atoms with Crippen molar-refractivity contribution in [2.45, 2.75) is 19.3 Å². The summed E-state index contributed by atoms with van der Waals surface area (Å²) in [5, 5.41) is 0. The average molecular weight is 304 g/mol. The minimum atomic E-state index is -0.0889. The topological polar surface area (TPSA) is 64.8 Å². The number of piperidine rings is 1. The van der Waals surface area contributed by atoms with E-state index in [0.717, 1.165) is 56.0 Å². The quantitative estimate of drug-likeness (QED) is 0.918. The van der Waals surface area contributed by atoms with Crippen LogP contribution in [0.15, 0.2) is 18.2 Å². The van der Waals surface area contributed by atoms with E-state index < -0.39 is 0 Å². The zero-order chi connectivity index (χ0) is 15.5. The van der Waals surface area contributed by atoms with Gasteiger partial charge in [-0.25, -0.2) is 0 Å². The monoisotopic (exact) mass is 304 g/mol. The molecule has 2 aliphatic heterocycles. The summed E-state index contributed by atoms with van der Waals surface area (Å²) in [7, 11) is 1.65. The summed E-state index contributed by atoms with van der Waals surface area (Å²) in [6, 6.07) is 5.77. The van der Waals surface area contributed by atoms with E-state index in [-0.39, 0.29) is 11.8 Å². The molecule has 120 valence electrons. The predicted molar refractivity (Wildman–Crippen MR) is 84.0 cm³/mol. The minimum Gasteiger partial charge on any atom is -0.497 e. The second-order valence-corrected chi connectivity index (χ2v) is 6.19. The van der Waals surface area contributed by atoms with Gasteiger partial charge in [0.2, 0.25) is 5.91 Å². The van der Waals surface area contributed by atoms with Crippen LogP contribution in [-0.2, 0) is 11.2 Å². The lowest BCUT2D eigenvalue weighted by molar-refractivity contribution is -0.138. The van der Waals surface area contributed by atoms with E-state index in [2.05, 4.69) is 0 Å². The largest absolute Gasteiger partial charge is 0.497 e. The van der Waals surface area contributed by atoms with Crippen molar-refractivity contribution in [3.63, 3.8) is 0 Å². The molecule has 1 saturated heterocycles. The number of nitrogens with zero attached hydrogens (tertiary/aromatic N) is 1. The maximum Gasteiger partial charge on any atom is 0.229 e. The van der Waals surface area contributed by atoms with Gasteiger partial charge in [-0.2, -0.15) is 0 Å². The Morgan fingerprint density at radius 3 is 2.86 bits per heavy atom. The summed E-state index contributed by atoms with van der Waals surface area (Å²) < 4.78 is 11.0. The number of likely N-dealkylation sites (tertiary alicyclic amines) is 1. The summed E-state index contributed by atoms with van der Waals surface area (Å²) in [6.45, 7) is 2.83. The van der Waals surface area contributed by atoms with E-state index in [4.69, 9.17) is 15.2 Å². The summed E-state index contributed by atoms with van der Waals surface area (Å²) in [5.41, 5.74) is 6.77. The number of amides is 1. The normalized spacial score (nSPS) is 21.9. The smallest absolute Gasteiger partial charge is 0.229 e. The average Bonchev–Trinajstić information content (AvgIpc) is 2.60. The standard InChI is InChI=1S/C17H24N2O3/c1-21-15-2-3-16-13(9-15)8-14(11-22-16)17(20)19-6-4-12(10-18)5-7-19/h2-3,9,12,14H,4-8,10-11,18H2,1H3. The van der Waals surface area contributed by atoms with E-state index in [9.17, 15) is 4.79 Å². The first-order valence-electron chi connectivity index (χ1n) is 8.00. The number of carbonyl (C=O) groups is 1. The molecule has 22 heavy (non-hydrogen) atoms. The Kier molecular flexibility index (Phi) is 4.52. The molecule has 1 amide bonds. The van der Waals surface area contributed by atoms with Crippen molar-refractivity contribution < 1.29 is 14.3 Å². The highest BCUT2D eigenvalue weighted by atomic mass is 16.5. The Morgan fingerprint density at radius 2 is 2.18 bits per heavy atom. The van der Waals surface area contributed by atoms with Crippen LogP contribution in [0.2, 0.25) is 0 Å². The molecule has 0 radical (unpaired) electrons. The second-order valence-electron chi connectivity index (χ2n) is 6.19. The number of methoxy groups -OCH3 is 1. The first kappa shape index (κ1) is 15.2. The van der Waals surface area contributed by atoms with Crippen LogP contribution < -0.4 is 15.2 Å². The van der Waals surface area contributed by atoms with Crippen molar-refractivity contribution in [3.8, 4) is 11.5 Å². The lowest BCUT2D eigenvalue weighted by Gasteiger charge is -2.35. The molecule has 5 nitrogen and oxygen atoms in total. The molecule has 0 aromatic heterocycles. The van der Waals surface area contributed by atoms with Crippen LogP contribution in [-0.4, -0.2) is 44.2 Å². The van der Waals surface area contributed by atoms with Gasteiger partial charge in [-0.15, -0.1) is 0 Å². The third-order valence-corrected chi connectivity index (χ3v) is 4.78. The lowest BCUT2D eigenvalue weighted by Crippen LogP contribution is -2.45. The van der Waals surface area contributed by atoms with Gasteiger partial charge in [0.15, 0.2) is 0 Å². The van der Waals surface area contributed by atoms with Crippen LogP contribution in [0.5, 0.6) is 11.5 Å². The van der Waals surface area contributed by atoms with Gasteiger partial charge in [-0.3, -0.25) is 4.79 Å². The number of hydrogen-bond acceptors (Lipinski definition) is 4. The Labute approximate surface area is 131 Å². The minimum absolute atomic E-state index is 0.0889. The van der Waals surface area contributed by atoms with Gasteiger partial charge in [0.25, 0.3) is 0 Å². The Bertz CT molecular complexity index is 539. The molecular formula is C17H24N2O3. The first-order chi connectivity index (χ1) is 10.7. The maximum atomic E-state index is 12.7. The summed E-state index contributed by atoms with van der Waals surface area (Å²) in [4.78, 5) is 14.7. The number of fused-ring (bicyclic) bond motifs is 1. The molecule has 1 aromatic rings. The van der Waals surface area contributed by atoms with Crippen LogP contribution in [0.1, 0.15) is 18.4 Å². The molecular weight excluding hydrogens is 280 g/mol. The third-order valence-electron chi connectivity index (χ3n) is 4.78. The summed E-state index contributed by atoms with van der Waals surface area (Å²) in [5.74, 6) is 2.36. The number of nitrogens with two attached hydrogens (primary N) is 1. The van der Waals surface area contributed by atoms with Crippen molar-refractivity contribution in [3.05, 3.63) is 23.8 Å². The zero-order valence-corrected chi connectivity index (χ0v) is 13.1. The highest BCUT2D eigenvalue weighted by molar-refractivity contribution is 5.80. The molecule has 0 spiro atoms. The number of rotatable bonds is 3. The molecule has 0 aliphatic carbocycles. The second kappa shape index (κ2) is 6.57. The predicted octanol–water partition coefficient (Wildman–Crippen LogP) is 1.44. The van der Waals surface area contributed by atoms with Gasteiger partial charge in [0.05, 0.1) is 13.0 Å². The van der Waals surface area contributed by atoms with Gasteiger partial charge in [-0.05, 0) is 55.5 Å². The molecule has 2 heterocycles. The van der Waals surface area contributed by atoms with Gasteiger partial charge in [0, 0.05) is 13.1 Å². The van der Waals surface area contributed by atoms with Crippen molar-refractivity contribution >= 4 is 5.91 Å². The zero-order valence-electron chi connectivity index (χ0n) is 13.1. The SMILES string of the molecule is COc1ccc2c(c1)CC(C(=O)N1CCC(CN)CC1)CO2. The van der Waals surface area contributed by atoms with Gasteiger partial charge in [-0.1, -0.05) is 0 Å². The molecule has 1 atom stereocenters. The van der Waals surface area contributed by atoms with Crippen LogP contribution >= 0.6 is 0 Å². The number of hydrogen-bond donors (Lipinski definition) is 1. The molecule has 0 saturated carbocycles. The van der Waals surface area contributed by atoms with Crippen molar-refractivity contribution in [1.82, 2.24) is 4.90 Å². The Balaban J connectivity index is 1.65. The fourth-order valence-electron chi connectivity index (χ4n) is 3.30. The van der Waals surface area contributed by atoms with Gasteiger partial charge >= 0.3 is 0 Å². The number of ether oxygens (including phenoxy) is 2.